The van der Waals surface area contributed by atoms with E-state index in [0.717, 1.165) is 27.0 Å². The number of benzene rings is 1. The molecule has 0 aliphatic rings. The van der Waals surface area contributed by atoms with Crippen LogP contribution in [-0.4, -0.2) is 15.2 Å². The normalized spacial score (nSPS) is 10.5. The van der Waals surface area contributed by atoms with Crippen molar-refractivity contribution in [3.63, 3.8) is 0 Å². The van der Waals surface area contributed by atoms with Crippen LogP contribution in [0.1, 0.15) is 0 Å². The Labute approximate surface area is 113 Å². The van der Waals surface area contributed by atoms with Gasteiger partial charge in [-0.25, -0.2) is 0 Å². The minimum Gasteiger partial charge on any atom is -0.277 e. The highest BCUT2D eigenvalue weighted by Crippen LogP contribution is 2.25. The molecule has 4 heteroatoms. The van der Waals surface area contributed by atoms with E-state index in [4.69, 9.17) is 0 Å². The molecule has 1 aromatic carbocycles. The van der Waals surface area contributed by atoms with Crippen LogP contribution in [0.3, 0.4) is 0 Å². The molecule has 0 aliphatic heterocycles. The van der Waals surface area contributed by atoms with Gasteiger partial charge in [0.05, 0.1) is 11.4 Å². The highest BCUT2D eigenvalue weighted by atomic mass is 79.9. The lowest BCUT2D eigenvalue weighted by atomic mass is 10.1. The second-order valence-electron chi connectivity index (χ2n) is 3.92. The zero-order valence-electron chi connectivity index (χ0n) is 9.47. The van der Waals surface area contributed by atoms with Crippen LogP contribution in [0, 0.1) is 0 Å². The fraction of sp³-hybridized carbons (Fsp3) is 0. The zero-order valence-corrected chi connectivity index (χ0v) is 11.1. The second kappa shape index (κ2) is 4.74. The van der Waals surface area contributed by atoms with E-state index in [0.29, 0.717) is 0 Å². The van der Waals surface area contributed by atoms with Crippen LogP contribution in [0.5, 0.6) is 0 Å². The number of nitrogens with one attached hydrogen (secondary N) is 1. The molecule has 0 amide bonds. The van der Waals surface area contributed by atoms with Gasteiger partial charge >= 0.3 is 0 Å². The molecule has 0 saturated heterocycles. The van der Waals surface area contributed by atoms with Crippen LogP contribution in [-0.2, 0) is 0 Å². The Bertz CT molecular complexity index is 662. The maximum Gasteiger partial charge on any atom is 0.0942 e. The summed E-state index contributed by atoms with van der Waals surface area (Å²) in [6, 6.07) is 14.0. The third kappa shape index (κ3) is 2.19. The topological polar surface area (TPSA) is 41.6 Å². The molecule has 0 bridgehead atoms. The molecule has 1 N–H and O–H groups in total. The summed E-state index contributed by atoms with van der Waals surface area (Å²) in [5, 5.41) is 7.36. The van der Waals surface area contributed by atoms with Gasteiger partial charge in [-0.1, -0.05) is 28.1 Å². The number of aromatic nitrogens is 3. The van der Waals surface area contributed by atoms with Crippen LogP contribution < -0.4 is 0 Å². The predicted octanol–water partition coefficient (Wildman–Crippen LogP) is 3.90. The monoisotopic (exact) mass is 299 g/mol. The van der Waals surface area contributed by atoms with Gasteiger partial charge in [0.25, 0.3) is 0 Å². The largest absolute Gasteiger partial charge is 0.277 e. The molecular weight excluding hydrogens is 290 g/mol. The number of rotatable bonds is 2. The summed E-state index contributed by atoms with van der Waals surface area (Å²) >= 11 is 3.47. The number of hydrogen-bond donors (Lipinski definition) is 1. The first-order chi connectivity index (χ1) is 8.83. The fourth-order valence-electron chi connectivity index (χ4n) is 1.79. The minimum atomic E-state index is 0.901. The second-order valence-corrected chi connectivity index (χ2v) is 4.83. The number of aromatic amines is 1. The van der Waals surface area contributed by atoms with Crippen molar-refractivity contribution in [3.05, 3.63) is 59.3 Å². The van der Waals surface area contributed by atoms with Gasteiger partial charge in [0, 0.05) is 28.0 Å². The molecule has 0 saturated carbocycles. The summed E-state index contributed by atoms with van der Waals surface area (Å²) in [6.07, 6.45) is 3.56. The highest BCUT2D eigenvalue weighted by Gasteiger charge is 2.05. The Balaban J connectivity index is 2.00. The first-order valence-corrected chi connectivity index (χ1v) is 6.34. The average molecular weight is 300 g/mol. The summed E-state index contributed by atoms with van der Waals surface area (Å²) in [7, 11) is 0. The van der Waals surface area contributed by atoms with Crippen molar-refractivity contribution in [3.8, 4) is 22.5 Å². The van der Waals surface area contributed by atoms with Gasteiger partial charge in [-0.2, -0.15) is 5.10 Å². The lowest BCUT2D eigenvalue weighted by Crippen LogP contribution is -1.78. The Hall–Kier alpha value is -1.94. The van der Waals surface area contributed by atoms with Crippen molar-refractivity contribution in [2.45, 2.75) is 0 Å². The summed E-state index contributed by atoms with van der Waals surface area (Å²) in [4.78, 5) is 4.10. The lowest BCUT2D eigenvalue weighted by molar-refractivity contribution is 1.10. The van der Waals surface area contributed by atoms with Gasteiger partial charge < -0.3 is 0 Å². The Morgan fingerprint density at radius 2 is 1.89 bits per heavy atom. The van der Waals surface area contributed by atoms with Crippen LogP contribution in [0.25, 0.3) is 22.5 Å². The predicted molar refractivity (Wildman–Crippen MR) is 75.0 cm³/mol. The summed E-state index contributed by atoms with van der Waals surface area (Å²) in [5.74, 6) is 0. The molecule has 2 heterocycles. The van der Waals surface area contributed by atoms with Crippen LogP contribution in [0.2, 0.25) is 0 Å². The van der Waals surface area contributed by atoms with E-state index in [9.17, 15) is 0 Å². The fourth-order valence-corrected chi connectivity index (χ4v) is 2.19. The van der Waals surface area contributed by atoms with Gasteiger partial charge in [-0.3, -0.25) is 10.1 Å². The molecule has 3 aromatic rings. The van der Waals surface area contributed by atoms with Gasteiger partial charge in [0.15, 0.2) is 0 Å². The maximum atomic E-state index is 4.31. The Morgan fingerprint density at radius 3 is 2.67 bits per heavy atom. The number of nitrogens with zero attached hydrogens (tertiary/aromatic N) is 2. The van der Waals surface area contributed by atoms with E-state index in [1.165, 1.54) is 0 Å². The standard InChI is InChI=1S/C14H10BrN3/c15-12-5-1-3-10(7-12)13-8-14(18-17-13)11-4-2-6-16-9-11/h1-9H,(H,17,18). The molecule has 0 fully saturated rings. The van der Waals surface area contributed by atoms with Crippen molar-refractivity contribution in [1.29, 1.82) is 0 Å². The van der Waals surface area contributed by atoms with Gasteiger partial charge in [0.1, 0.15) is 0 Å². The summed E-state index contributed by atoms with van der Waals surface area (Å²) < 4.78 is 1.05. The van der Waals surface area contributed by atoms with Crippen molar-refractivity contribution >= 4 is 15.9 Å². The summed E-state index contributed by atoms with van der Waals surface area (Å²) in [5.41, 5.74) is 4.01. The average Bonchev–Trinajstić information content (AvgIpc) is 2.89. The molecule has 0 aliphatic carbocycles. The van der Waals surface area contributed by atoms with Gasteiger partial charge in [-0.15, -0.1) is 0 Å². The molecule has 0 radical (unpaired) electrons. The van der Waals surface area contributed by atoms with Crippen LogP contribution >= 0.6 is 15.9 Å². The van der Waals surface area contributed by atoms with E-state index in [1.807, 2.05) is 36.4 Å². The van der Waals surface area contributed by atoms with Crippen molar-refractivity contribution in [2.75, 3.05) is 0 Å². The molecule has 0 spiro atoms. The van der Waals surface area contributed by atoms with Crippen LogP contribution in [0.4, 0.5) is 0 Å². The molecule has 3 rings (SSSR count). The van der Waals surface area contributed by atoms with E-state index in [1.54, 1.807) is 12.4 Å². The number of pyridine rings is 1. The van der Waals surface area contributed by atoms with Crippen molar-refractivity contribution in [1.82, 2.24) is 15.2 Å². The van der Waals surface area contributed by atoms with Crippen molar-refractivity contribution in [2.24, 2.45) is 0 Å². The molecule has 88 valence electrons. The SMILES string of the molecule is Brc1cccc(-c2cc(-c3cccnc3)n[nH]2)c1. The maximum absolute atomic E-state index is 4.31. The number of halogens is 1. The third-order valence-corrected chi connectivity index (χ3v) is 3.16. The number of H-pyrrole nitrogens is 1. The molecular formula is C14H10BrN3. The van der Waals surface area contributed by atoms with E-state index < -0.39 is 0 Å². The molecule has 2 aromatic heterocycles. The Kier molecular flexibility index (Phi) is 2.94. The Morgan fingerprint density at radius 1 is 1.00 bits per heavy atom. The van der Waals surface area contributed by atoms with E-state index in [-0.39, 0.29) is 0 Å². The molecule has 0 atom stereocenters. The van der Waals surface area contributed by atoms with Crippen LogP contribution in [0.15, 0.2) is 59.3 Å². The smallest absolute Gasteiger partial charge is 0.0942 e. The summed E-state index contributed by atoms with van der Waals surface area (Å²) in [6.45, 7) is 0. The molecule has 3 nitrogen and oxygen atoms in total. The minimum absolute atomic E-state index is 0.901. The third-order valence-electron chi connectivity index (χ3n) is 2.67. The molecule has 0 unspecified atom stereocenters. The first kappa shape index (κ1) is 11.2. The molecule has 18 heavy (non-hydrogen) atoms. The first-order valence-electron chi connectivity index (χ1n) is 5.55. The van der Waals surface area contributed by atoms with E-state index in [2.05, 4.69) is 37.2 Å². The van der Waals surface area contributed by atoms with Crippen molar-refractivity contribution < 1.29 is 0 Å². The lowest BCUT2D eigenvalue weighted by Gasteiger charge is -1.97. The van der Waals surface area contributed by atoms with Gasteiger partial charge in [0.2, 0.25) is 0 Å². The number of hydrogen-bond acceptors (Lipinski definition) is 2. The van der Waals surface area contributed by atoms with E-state index >= 15 is 0 Å². The zero-order chi connectivity index (χ0) is 12.4. The highest BCUT2D eigenvalue weighted by molar-refractivity contribution is 9.10. The van der Waals surface area contributed by atoms with Gasteiger partial charge in [-0.05, 0) is 30.3 Å². The quantitative estimate of drug-likeness (QED) is 0.780.